The number of anilines is 1. The number of benzene rings is 2. The lowest BCUT2D eigenvalue weighted by molar-refractivity contribution is -0.119. The van der Waals surface area contributed by atoms with Gasteiger partial charge in [0.2, 0.25) is 5.91 Å². The zero-order chi connectivity index (χ0) is 18.1. The maximum absolute atomic E-state index is 12.7. The molecule has 5 nitrogen and oxygen atoms in total. The van der Waals surface area contributed by atoms with Crippen molar-refractivity contribution in [2.45, 2.75) is 33.7 Å². The Morgan fingerprint density at radius 2 is 1.76 bits per heavy atom. The third-order valence-electron chi connectivity index (χ3n) is 4.39. The minimum absolute atomic E-state index is 0.264. The van der Waals surface area contributed by atoms with E-state index in [1.54, 1.807) is 25.3 Å². The van der Waals surface area contributed by atoms with E-state index in [2.05, 4.69) is 10.4 Å². The number of amides is 1. The van der Waals surface area contributed by atoms with Crippen molar-refractivity contribution in [2.24, 2.45) is 0 Å². The van der Waals surface area contributed by atoms with E-state index in [-0.39, 0.29) is 11.5 Å². The summed E-state index contributed by atoms with van der Waals surface area (Å²) in [5.74, 6) is -0.264. The molecular formula is C20H21N3O2. The van der Waals surface area contributed by atoms with Crippen LogP contribution in [0.25, 0.3) is 10.8 Å². The summed E-state index contributed by atoms with van der Waals surface area (Å²) in [4.78, 5) is 25.3. The maximum atomic E-state index is 12.7. The molecule has 2 aromatic carbocycles. The first-order valence-corrected chi connectivity index (χ1v) is 8.24. The van der Waals surface area contributed by atoms with Gasteiger partial charge in [0.1, 0.15) is 6.04 Å². The van der Waals surface area contributed by atoms with Crippen LogP contribution in [0, 0.1) is 20.8 Å². The second kappa shape index (κ2) is 6.51. The fourth-order valence-corrected chi connectivity index (χ4v) is 3.10. The van der Waals surface area contributed by atoms with E-state index >= 15 is 0 Å². The minimum Gasteiger partial charge on any atom is -0.324 e. The summed E-state index contributed by atoms with van der Waals surface area (Å²) in [5, 5.41) is 8.43. The first-order valence-electron chi connectivity index (χ1n) is 8.24. The number of fused-ring (bicyclic) bond motifs is 1. The van der Waals surface area contributed by atoms with E-state index in [1.807, 2.05) is 45.0 Å². The van der Waals surface area contributed by atoms with Gasteiger partial charge in [-0.1, -0.05) is 35.9 Å². The first kappa shape index (κ1) is 16.9. The van der Waals surface area contributed by atoms with Gasteiger partial charge >= 0.3 is 0 Å². The van der Waals surface area contributed by atoms with Gasteiger partial charge < -0.3 is 5.32 Å². The molecule has 0 unspecified atom stereocenters. The third-order valence-corrected chi connectivity index (χ3v) is 4.39. The zero-order valence-electron chi connectivity index (χ0n) is 14.8. The minimum atomic E-state index is -0.711. The number of hydrogen-bond donors (Lipinski definition) is 1. The Labute approximate surface area is 146 Å². The molecule has 0 saturated heterocycles. The van der Waals surface area contributed by atoms with Crippen LogP contribution in [0.1, 0.15) is 29.7 Å². The maximum Gasteiger partial charge on any atom is 0.275 e. The van der Waals surface area contributed by atoms with Crippen molar-refractivity contribution in [1.82, 2.24) is 9.78 Å². The number of carbonyl (C=O) groups is 1. The number of aromatic nitrogens is 2. The summed E-state index contributed by atoms with van der Waals surface area (Å²) < 4.78 is 1.23. The van der Waals surface area contributed by atoms with Crippen molar-refractivity contribution in [2.75, 3.05) is 5.32 Å². The van der Waals surface area contributed by atoms with E-state index in [0.29, 0.717) is 5.39 Å². The molecule has 3 aromatic rings. The SMILES string of the molecule is Cc1cc(C)c(NC(=O)[C@@H](C)n2ncc3ccccc3c2=O)c(C)c1. The quantitative estimate of drug-likeness (QED) is 0.796. The third kappa shape index (κ3) is 3.18. The van der Waals surface area contributed by atoms with Crippen LogP contribution < -0.4 is 10.9 Å². The molecule has 5 heteroatoms. The Morgan fingerprint density at radius 1 is 1.12 bits per heavy atom. The number of aryl methyl sites for hydroxylation is 3. The van der Waals surface area contributed by atoms with E-state index in [9.17, 15) is 9.59 Å². The normalized spacial score (nSPS) is 12.2. The Balaban J connectivity index is 1.94. The molecule has 0 fully saturated rings. The molecule has 1 N–H and O–H groups in total. The Morgan fingerprint density at radius 3 is 2.44 bits per heavy atom. The molecule has 1 atom stereocenters. The molecule has 0 bridgehead atoms. The van der Waals surface area contributed by atoms with Crippen LogP contribution in [0.3, 0.4) is 0 Å². The molecular weight excluding hydrogens is 314 g/mol. The molecule has 0 radical (unpaired) electrons. The smallest absolute Gasteiger partial charge is 0.275 e. The summed E-state index contributed by atoms with van der Waals surface area (Å²) >= 11 is 0. The average Bonchev–Trinajstić information content (AvgIpc) is 2.58. The van der Waals surface area contributed by atoms with Crippen LogP contribution in [0.5, 0.6) is 0 Å². The van der Waals surface area contributed by atoms with Gasteiger partial charge in [-0.3, -0.25) is 9.59 Å². The number of carbonyl (C=O) groups excluding carboxylic acids is 1. The van der Waals surface area contributed by atoms with Gasteiger partial charge in [0.15, 0.2) is 0 Å². The highest BCUT2D eigenvalue weighted by Gasteiger charge is 2.20. The predicted octanol–water partition coefficient (Wildman–Crippen LogP) is 3.52. The van der Waals surface area contributed by atoms with Crippen molar-refractivity contribution in [3.63, 3.8) is 0 Å². The van der Waals surface area contributed by atoms with Crippen LogP contribution in [-0.4, -0.2) is 15.7 Å². The van der Waals surface area contributed by atoms with Crippen LogP contribution >= 0.6 is 0 Å². The molecule has 3 rings (SSSR count). The van der Waals surface area contributed by atoms with Gasteiger partial charge in [-0.15, -0.1) is 0 Å². The van der Waals surface area contributed by atoms with Crippen LogP contribution in [-0.2, 0) is 4.79 Å². The van der Waals surface area contributed by atoms with Gasteiger partial charge in [-0.05, 0) is 44.9 Å². The molecule has 1 heterocycles. The van der Waals surface area contributed by atoms with Crippen molar-refractivity contribution < 1.29 is 4.79 Å². The van der Waals surface area contributed by atoms with Crippen LogP contribution in [0.2, 0.25) is 0 Å². The lowest BCUT2D eigenvalue weighted by Gasteiger charge is -2.17. The highest BCUT2D eigenvalue weighted by Crippen LogP contribution is 2.23. The lowest BCUT2D eigenvalue weighted by atomic mass is 10.0. The van der Waals surface area contributed by atoms with Crippen molar-refractivity contribution >= 4 is 22.4 Å². The first-order chi connectivity index (χ1) is 11.9. The fraction of sp³-hybridized carbons (Fsp3) is 0.250. The van der Waals surface area contributed by atoms with Crippen LogP contribution in [0.15, 0.2) is 47.4 Å². The number of nitrogens with one attached hydrogen (secondary N) is 1. The number of nitrogens with zero attached hydrogens (tertiary/aromatic N) is 2. The van der Waals surface area contributed by atoms with Gasteiger partial charge in [-0.25, -0.2) is 4.68 Å². The van der Waals surface area contributed by atoms with Gasteiger partial charge in [0, 0.05) is 11.1 Å². The molecule has 0 aliphatic carbocycles. The molecule has 1 aromatic heterocycles. The highest BCUT2D eigenvalue weighted by molar-refractivity contribution is 5.95. The molecule has 1 amide bonds. The van der Waals surface area contributed by atoms with Crippen molar-refractivity contribution in [3.8, 4) is 0 Å². The zero-order valence-corrected chi connectivity index (χ0v) is 14.8. The molecule has 0 aliphatic rings. The standard InChI is InChI=1S/C20H21N3O2/c1-12-9-13(2)18(14(3)10-12)22-19(24)15(4)23-20(25)17-8-6-5-7-16(17)11-21-23/h5-11,15H,1-4H3,(H,22,24)/t15-/m1/s1. The van der Waals surface area contributed by atoms with E-state index < -0.39 is 6.04 Å². The molecule has 0 aliphatic heterocycles. The molecule has 0 spiro atoms. The van der Waals surface area contributed by atoms with Gasteiger partial charge in [0.05, 0.1) is 11.6 Å². The highest BCUT2D eigenvalue weighted by atomic mass is 16.2. The fourth-order valence-electron chi connectivity index (χ4n) is 3.10. The number of hydrogen-bond acceptors (Lipinski definition) is 3. The summed E-state index contributed by atoms with van der Waals surface area (Å²) in [5.41, 5.74) is 3.66. The predicted molar refractivity (Wildman–Crippen MR) is 100.0 cm³/mol. The van der Waals surface area contributed by atoms with Crippen LogP contribution in [0.4, 0.5) is 5.69 Å². The van der Waals surface area contributed by atoms with E-state index in [4.69, 9.17) is 0 Å². The van der Waals surface area contributed by atoms with E-state index in [0.717, 1.165) is 27.8 Å². The second-order valence-electron chi connectivity index (χ2n) is 6.42. The molecule has 25 heavy (non-hydrogen) atoms. The topological polar surface area (TPSA) is 64.0 Å². The Kier molecular flexibility index (Phi) is 4.40. The lowest BCUT2D eigenvalue weighted by Crippen LogP contribution is -2.33. The number of rotatable bonds is 3. The summed E-state index contributed by atoms with van der Waals surface area (Å²) in [6, 6.07) is 10.6. The molecule has 0 saturated carbocycles. The average molecular weight is 335 g/mol. The summed E-state index contributed by atoms with van der Waals surface area (Å²) in [6.45, 7) is 7.62. The summed E-state index contributed by atoms with van der Waals surface area (Å²) in [6.07, 6.45) is 1.61. The Hall–Kier alpha value is -2.95. The van der Waals surface area contributed by atoms with Gasteiger partial charge in [-0.2, -0.15) is 5.10 Å². The van der Waals surface area contributed by atoms with Crippen molar-refractivity contribution in [3.05, 3.63) is 69.6 Å². The molecule has 128 valence electrons. The second-order valence-corrected chi connectivity index (χ2v) is 6.42. The van der Waals surface area contributed by atoms with Gasteiger partial charge in [0.25, 0.3) is 5.56 Å². The largest absolute Gasteiger partial charge is 0.324 e. The summed E-state index contributed by atoms with van der Waals surface area (Å²) in [7, 11) is 0. The Bertz CT molecular complexity index is 998. The van der Waals surface area contributed by atoms with Crippen molar-refractivity contribution in [1.29, 1.82) is 0 Å². The van der Waals surface area contributed by atoms with E-state index in [1.165, 1.54) is 4.68 Å². The monoisotopic (exact) mass is 335 g/mol.